The van der Waals surface area contributed by atoms with E-state index in [9.17, 15) is 0 Å². The normalized spacial score (nSPS) is 12.7. The topological polar surface area (TPSA) is 52.7 Å². The summed E-state index contributed by atoms with van der Waals surface area (Å²) in [5, 5.41) is 3.21. The number of furan rings is 1. The molecule has 0 spiro atoms. The summed E-state index contributed by atoms with van der Waals surface area (Å²) in [6, 6.07) is 56.3. The number of hydrogen-bond acceptors (Lipinski definition) is 3. The number of benzene rings is 6. The maximum Gasteiger partial charge on any atom is 0.269 e. The summed E-state index contributed by atoms with van der Waals surface area (Å²) in [6.45, 7) is 4.22. The van der Waals surface area contributed by atoms with Crippen molar-refractivity contribution in [2.75, 3.05) is 0 Å². The zero-order chi connectivity index (χ0) is 43.7. The molecule has 0 saturated carbocycles. The van der Waals surface area contributed by atoms with E-state index in [2.05, 4.69) is 121 Å². The molecule has 0 atom stereocenters. The second-order valence-electron chi connectivity index (χ2n) is 16.6. The Kier molecular flexibility index (Phi) is 8.98. The molecule has 0 saturated heterocycles. The molecular formula is C55H41N5OPt-2. The van der Waals surface area contributed by atoms with E-state index < -0.39 is 6.85 Å². The van der Waals surface area contributed by atoms with Crippen LogP contribution in [0, 0.1) is 25.3 Å². The fourth-order valence-electron chi connectivity index (χ4n) is 8.56. The van der Waals surface area contributed by atoms with Crippen LogP contribution in [0.4, 0.5) is 0 Å². The van der Waals surface area contributed by atoms with Crippen LogP contribution in [-0.4, -0.2) is 19.1 Å². The van der Waals surface area contributed by atoms with E-state index in [-0.39, 0.29) is 32.0 Å². The molecule has 62 heavy (non-hydrogen) atoms. The third kappa shape index (κ3) is 6.85. The molecule has 0 unspecified atom stereocenters. The molecule has 0 N–H and O–H groups in total. The van der Waals surface area contributed by atoms with Crippen LogP contribution in [0.15, 0.2) is 169 Å². The van der Waals surface area contributed by atoms with E-state index >= 15 is 0 Å². The smallest absolute Gasteiger partial charge is 0.269 e. The van der Waals surface area contributed by atoms with Crippen molar-refractivity contribution < 1.29 is 34.2 Å². The summed E-state index contributed by atoms with van der Waals surface area (Å²) in [5.41, 5.74) is 11.9. The van der Waals surface area contributed by atoms with Gasteiger partial charge in [0.25, 0.3) is 6.33 Å². The molecule has 0 fully saturated rings. The second kappa shape index (κ2) is 15.5. The number of rotatable bonds is 7. The van der Waals surface area contributed by atoms with Crippen LogP contribution in [0.3, 0.4) is 0 Å². The first-order chi connectivity index (χ1) is 31.0. The number of aryl methyl sites for hydroxylation is 1. The van der Waals surface area contributed by atoms with Crippen molar-refractivity contribution in [2.24, 2.45) is 0 Å². The van der Waals surface area contributed by atoms with Crippen LogP contribution in [-0.2, 0) is 32.9 Å². The summed E-state index contributed by atoms with van der Waals surface area (Å²) >= 11 is 0. The van der Waals surface area contributed by atoms with Crippen LogP contribution in [0.2, 0.25) is 0 Å². The quantitative estimate of drug-likeness (QED) is 0.118. The van der Waals surface area contributed by atoms with Crippen molar-refractivity contribution in [3.05, 3.63) is 205 Å². The predicted molar refractivity (Wildman–Crippen MR) is 245 cm³/mol. The number of aromatic nitrogens is 5. The molecule has 11 aromatic rings. The first kappa shape index (κ1) is 35.8. The number of pyridine rings is 2. The van der Waals surface area contributed by atoms with Gasteiger partial charge in [-0.1, -0.05) is 154 Å². The first-order valence-electron chi connectivity index (χ1n) is 21.9. The number of nitrogens with zero attached hydrogens (tertiary/aromatic N) is 5. The Bertz CT molecular complexity index is 3580. The summed E-state index contributed by atoms with van der Waals surface area (Å²) < 4.78 is 37.5. The van der Waals surface area contributed by atoms with Crippen LogP contribution in [0.5, 0.6) is 0 Å². The first-order valence-corrected chi connectivity index (χ1v) is 20.4. The molecule has 0 radical (unpaired) electrons. The van der Waals surface area contributed by atoms with Gasteiger partial charge < -0.3 is 8.98 Å². The van der Waals surface area contributed by atoms with Crippen molar-refractivity contribution >= 4 is 43.8 Å². The van der Waals surface area contributed by atoms with Gasteiger partial charge in [-0.25, -0.2) is 16.6 Å². The standard InChI is InChI=1S/C55H41N5O.Pt/c1-36-27-45(39-13-6-5-7-14-39)54(46(28-36)40-15-12-16-42(32-40)55(2,3)4)59-35-58(48-19-10-11-20-49(48)59)52-31-38(23-25-56-52)29-37-21-22-44-43-17-8-9-18-47(43)60(50(44)30-37)53-33-41-24-26-61-51(41)34-57-53;/h5-28,32-34H,29H2,1-4H3;/q-2;/i1D3;. The van der Waals surface area contributed by atoms with Gasteiger partial charge in [0, 0.05) is 36.1 Å². The van der Waals surface area contributed by atoms with Crippen LogP contribution in [0.1, 0.15) is 47.1 Å². The van der Waals surface area contributed by atoms with Gasteiger partial charge in [-0.3, -0.25) is 14.1 Å². The monoisotopic (exact) mass is 985 g/mol. The Morgan fingerprint density at radius 2 is 1.47 bits per heavy atom. The molecule has 5 heterocycles. The van der Waals surface area contributed by atoms with E-state index in [4.69, 9.17) is 18.5 Å². The van der Waals surface area contributed by atoms with E-state index in [1.165, 1.54) is 0 Å². The molecule has 5 aromatic heterocycles. The van der Waals surface area contributed by atoms with Crippen LogP contribution >= 0.6 is 0 Å². The van der Waals surface area contributed by atoms with Crippen LogP contribution < -0.4 is 4.57 Å². The average molecular weight is 986 g/mol. The minimum Gasteiger partial charge on any atom is -0.463 e. The van der Waals surface area contributed by atoms with Crippen molar-refractivity contribution in [3.63, 3.8) is 0 Å². The van der Waals surface area contributed by atoms with E-state index in [0.717, 1.165) is 94.3 Å². The Balaban J connectivity index is 0.00000498. The molecule has 0 bridgehead atoms. The molecule has 6 aromatic carbocycles. The van der Waals surface area contributed by atoms with Crippen molar-refractivity contribution in [1.29, 1.82) is 0 Å². The molecule has 7 heteroatoms. The maximum atomic E-state index is 8.58. The number of hydrogen-bond donors (Lipinski definition) is 0. The molecule has 6 nitrogen and oxygen atoms in total. The average Bonchev–Trinajstić information content (AvgIpc) is 4.02. The minimum atomic E-state index is -2.34. The van der Waals surface area contributed by atoms with E-state index in [1.54, 1.807) is 12.5 Å². The van der Waals surface area contributed by atoms with Gasteiger partial charge in [0.1, 0.15) is 5.82 Å². The zero-order valence-corrected chi connectivity index (χ0v) is 36.5. The largest absolute Gasteiger partial charge is 0.463 e. The van der Waals surface area contributed by atoms with Gasteiger partial charge >= 0.3 is 0 Å². The van der Waals surface area contributed by atoms with E-state index in [1.807, 2.05) is 83.6 Å². The van der Waals surface area contributed by atoms with Crippen molar-refractivity contribution in [2.45, 2.75) is 39.5 Å². The minimum absolute atomic E-state index is 0. The predicted octanol–water partition coefficient (Wildman–Crippen LogP) is 12.5. The SMILES string of the molecule is [2H]C([2H])([2H])c1cc(-c2ccccc2)c(-[n+]2[c-]n(-c3[c-]c(Cc4[c-]c5c(cc4)c4ccccc4n5-c4cc5ccoc5cn4)ccn3)c3ccccc32)c(-c2cccc(C(C)(C)C)c2)c1.[Pt]. The Morgan fingerprint density at radius 3 is 2.31 bits per heavy atom. The van der Waals surface area contributed by atoms with Crippen molar-refractivity contribution in [1.82, 2.24) is 19.1 Å². The van der Waals surface area contributed by atoms with Crippen LogP contribution in [0.25, 0.3) is 83.4 Å². The molecule has 304 valence electrons. The number of imidazole rings is 1. The molecular weight excluding hydrogens is 942 g/mol. The molecule has 0 aliphatic carbocycles. The number of fused-ring (bicyclic) bond motifs is 5. The van der Waals surface area contributed by atoms with Gasteiger partial charge in [0.2, 0.25) is 0 Å². The molecule has 0 amide bonds. The van der Waals surface area contributed by atoms with E-state index in [0.29, 0.717) is 12.2 Å². The summed E-state index contributed by atoms with van der Waals surface area (Å²) in [5.74, 6) is 1.38. The number of para-hydroxylation sites is 3. The Labute approximate surface area is 379 Å². The fraction of sp³-hybridized carbons (Fsp3) is 0.109. The third-order valence-electron chi connectivity index (χ3n) is 11.6. The van der Waals surface area contributed by atoms with Gasteiger partial charge in [0.05, 0.1) is 35.0 Å². The van der Waals surface area contributed by atoms with Gasteiger partial charge in [-0.2, -0.15) is 29.8 Å². The second-order valence-corrected chi connectivity index (χ2v) is 16.6. The summed E-state index contributed by atoms with van der Waals surface area (Å²) in [6.07, 6.45) is 9.52. The van der Waals surface area contributed by atoms with Gasteiger partial charge in [0.15, 0.2) is 5.58 Å². The van der Waals surface area contributed by atoms with Gasteiger partial charge in [-0.15, -0.1) is 5.39 Å². The summed E-state index contributed by atoms with van der Waals surface area (Å²) in [4.78, 5) is 9.67. The molecule has 11 rings (SSSR count). The van der Waals surface area contributed by atoms with Gasteiger partial charge in [-0.05, 0) is 63.7 Å². The Morgan fingerprint density at radius 1 is 0.710 bits per heavy atom. The summed E-state index contributed by atoms with van der Waals surface area (Å²) in [7, 11) is 0. The third-order valence-corrected chi connectivity index (χ3v) is 11.6. The van der Waals surface area contributed by atoms with Crippen molar-refractivity contribution in [3.8, 4) is 39.6 Å². The zero-order valence-electron chi connectivity index (χ0n) is 37.3. The Hall–Kier alpha value is -6.88. The maximum absolute atomic E-state index is 8.58. The molecule has 0 aliphatic rings. The fourth-order valence-corrected chi connectivity index (χ4v) is 8.56. The molecule has 0 aliphatic heterocycles.